The highest BCUT2D eigenvalue weighted by atomic mass is 16.6. The number of piperidine rings is 1. The molecule has 1 fully saturated rings. The number of primary amides is 1. The van der Waals surface area contributed by atoms with Crippen molar-refractivity contribution in [2.45, 2.75) is 25.5 Å². The Bertz CT molecular complexity index is 814. The van der Waals surface area contributed by atoms with E-state index in [1.54, 1.807) is 16.7 Å². The molecular formula is C16H21N5O4. The molecule has 9 heteroatoms. The molecule has 1 amide bonds. The lowest BCUT2D eigenvalue weighted by Gasteiger charge is -2.31. The number of nitrogens with two attached hydrogens (primary N) is 1. The minimum absolute atomic E-state index is 0.121. The summed E-state index contributed by atoms with van der Waals surface area (Å²) < 4.78 is 11.8. The summed E-state index contributed by atoms with van der Waals surface area (Å²) in [5.74, 6) is 0.443. The van der Waals surface area contributed by atoms with Crippen molar-refractivity contribution >= 4 is 17.3 Å². The molecule has 0 spiro atoms. The van der Waals surface area contributed by atoms with E-state index in [2.05, 4.69) is 14.9 Å². The third-order valence-corrected chi connectivity index (χ3v) is 4.33. The number of nitrogens with zero attached hydrogens (tertiary/aromatic N) is 4. The van der Waals surface area contributed by atoms with Crippen LogP contribution in [0.25, 0.3) is 11.2 Å². The van der Waals surface area contributed by atoms with Crippen molar-refractivity contribution in [1.82, 2.24) is 19.4 Å². The summed E-state index contributed by atoms with van der Waals surface area (Å²) in [4.78, 5) is 33.7. The van der Waals surface area contributed by atoms with Crippen LogP contribution >= 0.6 is 0 Å². The molecule has 2 N–H and O–H groups in total. The van der Waals surface area contributed by atoms with Gasteiger partial charge in [-0.25, -0.2) is 9.78 Å². The number of methoxy groups -OCH3 is 1. The van der Waals surface area contributed by atoms with E-state index in [1.165, 1.54) is 13.3 Å². The molecule has 25 heavy (non-hydrogen) atoms. The van der Waals surface area contributed by atoms with Crippen LogP contribution in [-0.4, -0.2) is 58.4 Å². The Morgan fingerprint density at radius 1 is 1.32 bits per heavy atom. The Morgan fingerprint density at radius 3 is 2.76 bits per heavy atom. The lowest BCUT2D eigenvalue weighted by molar-refractivity contribution is 0.0553. The topological polar surface area (TPSA) is 113 Å². The summed E-state index contributed by atoms with van der Waals surface area (Å²) in [5, 5.41) is 0. The zero-order valence-electron chi connectivity index (χ0n) is 14.1. The smallest absolute Gasteiger partial charge is 0.404 e. The summed E-state index contributed by atoms with van der Waals surface area (Å²) in [5.41, 5.74) is 6.02. The average molecular weight is 347 g/mol. The van der Waals surface area contributed by atoms with Crippen LogP contribution in [0, 0.1) is 0 Å². The van der Waals surface area contributed by atoms with Gasteiger partial charge in [-0.2, -0.15) is 4.98 Å². The van der Waals surface area contributed by atoms with Crippen molar-refractivity contribution < 1.29 is 14.3 Å². The molecule has 2 aromatic heterocycles. The highest BCUT2D eigenvalue weighted by Gasteiger charge is 2.21. The number of ether oxygens (including phenoxy) is 2. The summed E-state index contributed by atoms with van der Waals surface area (Å²) in [6.45, 7) is 2.76. The van der Waals surface area contributed by atoms with Crippen LogP contribution < -0.4 is 16.0 Å². The SMILES string of the molecule is COc1ccc2ncc(=O)n(CCN3CCC(OC(N)=O)CC3)c2n1. The van der Waals surface area contributed by atoms with Crippen LogP contribution in [0.2, 0.25) is 0 Å². The Hall–Kier alpha value is -2.68. The van der Waals surface area contributed by atoms with Crippen LogP contribution in [-0.2, 0) is 11.3 Å². The summed E-state index contributed by atoms with van der Waals surface area (Å²) in [6, 6.07) is 3.50. The standard InChI is InChI=1S/C16H21N5O4/c1-24-13-3-2-12-15(19-13)21(14(22)10-18-12)9-8-20-6-4-11(5-7-20)25-16(17)23/h2-3,10-11H,4-9H2,1H3,(H2,17,23). The second-order valence-corrected chi connectivity index (χ2v) is 5.92. The van der Waals surface area contributed by atoms with Crippen LogP contribution in [0.4, 0.5) is 4.79 Å². The van der Waals surface area contributed by atoms with Gasteiger partial charge < -0.3 is 20.1 Å². The molecule has 9 nitrogen and oxygen atoms in total. The zero-order valence-corrected chi connectivity index (χ0v) is 14.1. The number of carbonyl (C=O) groups is 1. The molecule has 134 valence electrons. The molecule has 0 atom stereocenters. The second-order valence-electron chi connectivity index (χ2n) is 5.92. The first-order valence-electron chi connectivity index (χ1n) is 8.16. The van der Waals surface area contributed by atoms with Crippen molar-refractivity contribution in [1.29, 1.82) is 0 Å². The van der Waals surface area contributed by atoms with E-state index >= 15 is 0 Å². The van der Waals surface area contributed by atoms with E-state index in [9.17, 15) is 9.59 Å². The molecule has 3 rings (SSSR count). The lowest BCUT2D eigenvalue weighted by Crippen LogP contribution is -2.40. The predicted molar refractivity (Wildman–Crippen MR) is 90.5 cm³/mol. The molecule has 0 radical (unpaired) electrons. The first-order valence-corrected chi connectivity index (χ1v) is 8.16. The number of fused-ring (bicyclic) bond motifs is 1. The van der Waals surface area contributed by atoms with E-state index in [0.29, 0.717) is 30.1 Å². The molecule has 0 aliphatic carbocycles. The van der Waals surface area contributed by atoms with Gasteiger partial charge in [-0.15, -0.1) is 0 Å². The molecule has 3 heterocycles. The molecule has 1 aliphatic rings. The largest absolute Gasteiger partial charge is 0.481 e. The maximum atomic E-state index is 12.2. The van der Waals surface area contributed by atoms with Crippen molar-refractivity contribution in [2.75, 3.05) is 26.7 Å². The third kappa shape index (κ3) is 4.05. The van der Waals surface area contributed by atoms with E-state index in [1.807, 2.05) is 0 Å². The molecule has 1 aliphatic heterocycles. The van der Waals surface area contributed by atoms with E-state index in [4.69, 9.17) is 15.2 Å². The van der Waals surface area contributed by atoms with Gasteiger partial charge in [-0.05, 0) is 18.9 Å². The molecule has 0 unspecified atom stereocenters. The average Bonchev–Trinajstić information content (AvgIpc) is 2.61. The Labute approximate surface area is 144 Å². The summed E-state index contributed by atoms with van der Waals surface area (Å²) in [7, 11) is 1.53. The Kier molecular flexibility index (Phi) is 5.13. The van der Waals surface area contributed by atoms with E-state index < -0.39 is 6.09 Å². The zero-order chi connectivity index (χ0) is 17.8. The fourth-order valence-corrected chi connectivity index (χ4v) is 3.01. The first kappa shape index (κ1) is 17.2. The van der Waals surface area contributed by atoms with Gasteiger partial charge in [0.2, 0.25) is 5.88 Å². The van der Waals surface area contributed by atoms with E-state index in [0.717, 1.165) is 25.9 Å². The number of rotatable bonds is 5. The molecule has 0 aromatic carbocycles. The van der Waals surface area contributed by atoms with Crippen LogP contribution in [0.1, 0.15) is 12.8 Å². The second kappa shape index (κ2) is 7.47. The predicted octanol–water partition coefficient (Wildman–Crippen LogP) is 0.360. The number of hydrogen-bond acceptors (Lipinski definition) is 7. The molecular weight excluding hydrogens is 326 g/mol. The number of amides is 1. The van der Waals surface area contributed by atoms with Crippen LogP contribution in [0.3, 0.4) is 0 Å². The van der Waals surface area contributed by atoms with Gasteiger partial charge >= 0.3 is 6.09 Å². The normalized spacial score (nSPS) is 16.0. The quantitative estimate of drug-likeness (QED) is 0.831. The van der Waals surface area contributed by atoms with Crippen LogP contribution in [0.15, 0.2) is 23.1 Å². The van der Waals surface area contributed by atoms with Gasteiger partial charge in [0.1, 0.15) is 11.6 Å². The van der Waals surface area contributed by atoms with E-state index in [-0.39, 0.29) is 11.7 Å². The maximum absolute atomic E-state index is 12.2. The molecule has 0 bridgehead atoms. The lowest BCUT2D eigenvalue weighted by atomic mass is 10.1. The number of likely N-dealkylation sites (tertiary alicyclic amines) is 1. The van der Waals surface area contributed by atoms with Gasteiger partial charge in [0, 0.05) is 32.2 Å². The fourth-order valence-electron chi connectivity index (χ4n) is 3.01. The minimum atomic E-state index is -0.728. The Balaban J connectivity index is 1.68. The van der Waals surface area contributed by atoms with Gasteiger partial charge in [0.15, 0.2) is 5.65 Å². The summed E-state index contributed by atoms with van der Waals surface area (Å²) >= 11 is 0. The molecule has 1 saturated heterocycles. The van der Waals surface area contributed by atoms with Crippen molar-refractivity contribution in [2.24, 2.45) is 5.73 Å². The van der Waals surface area contributed by atoms with Gasteiger partial charge in [-0.1, -0.05) is 0 Å². The number of carbonyl (C=O) groups excluding carboxylic acids is 1. The Morgan fingerprint density at radius 2 is 2.08 bits per heavy atom. The number of pyridine rings is 1. The van der Waals surface area contributed by atoms with Crippen molar-refractivity contribution in [3.63, 3.8) is 0 Å². The molecule has 2 aromatic rings. The van der Waals surface area contributed by atoms with Crippen LogP contribution in [0.5, 0.6) is 5.88 Å². The monoisotopic (exact) mass is 347 g/mol. The first-order chi connectivity index (χ1) is 12.1. The van der Waals surface area contributed by atoms with Gasteiger partial charge in [-0.3, -0.25) is 9.36 Å². The molecule has 0 saturated carbocycles. The van der Waals surface area contributed by atoms with Gasteiger partial charge in [0.25, 0.3) is 5.56 Å². The van der Waals surface area contributed by atoms with Crippen molar-refractivity contribution in [3.05, 3.63) is 28.7 Å². The van der Waals surface area contributed by atoms with Crippen molar-refractivity contribution in [3.8, 4) is 5.88 Å². The highest BCUT2D eigenvalue weighted by molar-refractivity contribution is 5.70. The maximum Gasteiger partial charge on any atom is 0.404 e. The fraction of sp³-hybridized carbons (Fsp3) is 0.500. The van der Waals surface area contributed by atoms with Gasteiger partial charge in [0.05, 0.1) is 13.3 Å². The number of aromatic nitrogens is 3. The third-order valence-electron chi connectivity index (χ3n) is 4.33. The summed E-state index contributed by atoms with van der Waals surface area (Å²) in [6.07, 6.45) is 1.93. The highest BCUT2D eigenvalue weighted by Crippen LogP contribution is 2.15. The minimum Gasteiger partial charge on any atom is -0.481 e. The number of hydrogen-bond donors (Lipinski definition) is 1.